The monoisotopic (exact) mass is 191 g/mol. The molecule has 0 unspecified atom stereocenters. The Morgan fingerprint density at radius 3 is 2.85 bits per heavy atom. The molecule has 0 aliphatic heterocycles. The molecule has 0 amide bonds. The quantitative estimate of drug-likeness (QED) is 0.540. The Morgan fingerprint density at radius 2 is 2.15 bits per heavy atom. The molecule has 1 aromatic carbocycles. The highest BCUT2D eigenvalue weighted by molar-refractivity contribution is 7.20. The summed E-state index contributed by atoms with van der Waals surface area (Å²) >= 11 is 1.36. The molecule has 0 N–H and O–H groups in total. The fourth-order valence-electron chi connectivity index (χ4n) is 1.16. The molecule has 3 nitrogen and oxygen atoms in total. The lowest BCUT2D eigenvalue weighted by Crippen LogP contribution is -1.63. The second-order valence-corrected chi connectivity index (χ2v) is 3.70. The first-order valence-electron chi connectivity index (χ1n) is 3.65. The third kappa shape index (κ3) is 1.36. The molecule has 1 heterocycles. The van der Waals surface area contributed by atoms with Crippen LogP contribution in [0.5, 0.6) is 0 Å². The first-order chi connectivity index (χ1) is 6.33. The number of hydrogen-bond donors (Lipinski definition) is 0. The summed E-state index contributed by atoms with van der Waals surface area (Å²) in [6.45, 7) is 0. The maximum atomic E-state index is 10.5. The first-order valence-corrected chi connectivity index (χ1v) is 4.47. The largest absolute Gasteiger partial charge is 0.297 e. The van der Waals surface area contributed by atoms with Gasteiger partial charge in [-0.1, -0.05) is 6.07 Å². The van der Waals surface area contributed by atoms with Gasteiger partial charge in [-0.15, -0.1) is 16.2 Å². The zero-order chi connectivity index (χ0) is 9.26. The average molecular weight is 191 g/mol. The van der Waals surface area contributed by atoms with Gasteiger partial charge in [0.05, 0.1) is 4.88 Å². The van der Waals surface area contributed by atoms with Gasteiger partial charge in [-0.05, 0) is 28.8 Å². The van der Waals surface area contributed by atoms with Crippen LogP contribution < -0.4 is 0 Å². The van der Waals surface area contributed by atoms with E-state index in [0.29, 0.717) is 10.6 Å². The van der Waals surface area contributed by atoms with Crippen LogP contribution in [-0.2, 0) is 0 Å². The smallest absolute Gasteiger partial charge is 0.160 e. The van der Waals surface area contributed by atoms with Crippen molar-refractivity contribution in [3.63, 3.8) is 0 Å². The van der Waals surface area contributed by atoms with E-state index in [1.807, 2.05) is 0 Å². The van der Waals surface area contributed by atoms with Crippen LogP contribution in [0, 0.1) is 4.91 Å². The van der Waals surface area contributed by atoms with E-state index in [4.69, 9.17) is 0 Å². The van der Waals surface area contributed by atoms with Crippen molar-refractivity contribution in [2.24, 2.45) is 5.18 Å². The third-order valence-electron chi connectivity index (χ3n) is 1.74. The molecule has 2 aromatic rings. The summed E-state index contributed by atoms with van der Waals surface area (Å²) in [6, 6.07) is 6.90. The molecule has 0 bridgehead atoms. The van der Waals surface area contributed by atoms with Gasteiger partial charge in [-0.25, -0.2) is 0 Å². The predicted molar refractivity (Wildman–Crippen MR) is 52.7 cm³/mol. The van der Waals surface area contributed by atoms with Gasteiger partial charge < -0.3 is 0 Å². The highest BCUT2D eigenvalue weighted by Crippen LogP contribution is 2.28. The molecule has 4 heteroatoms. The number of rotatable bonds is 2. The van der Waals surface area contributed by atoms with E-state index in [1.165, 1.54) is 11.3 Å². The summed E-state index contributed by atoms with van der Waals surface area (Å²) < 4.78 is 0.916. The maximum Gasteiger partial charge on any atom is 0.160 e. The highest BCUT2D eigenvalue weighted by Gasteiger charge is 2.01. The molecule has 0 saturated carbocycles. The minimum atomic E-state index is 0.395. The van der Waals surface area contributed by atoms with Gasteiger partial charge in [0.15, 0.2) is 6.29 Å². The fraction of sp³-hybridized carbons (Fsp3) is 0. The molecular formula is C9H5NO2S. The number of benzene rings is 1. The molecule has 2 rings (SSSR count). The number of nitrogens with zero attached hydrogens (tertiary/aromatic N) is 1. The number of fused-ring (bicyclic) bond motifs is 1. The molecule has 0 aliphatic rings. The summed E-state index contributed by atoms with van der Waals surface area (Å²) in [5, 5.41) is 3.80. The van der Waals surface area contributed by atoms with Crippen molar-refractivity contribution in [1.29, 1.82) is 0 Å². The van der Waals surface area contributed by atoms with Crippen LogP contribution in [-0.4, -0.2) is 6.29 Å². The van der Waals surface area contributed by atoms with E-state index in [-0.39, 0.29) is 0 Å². The SMILES string of the molecule is O=Cc1cc2ccc(N=O)cc2s1. The van der Waals surface area contributed by atoms with Gasteiger partial charge >= 0.3 is 0 Å². The molecular weight excluding hydrogens is 186 g/mol. The third-order valence-corrected chi connectivity index (χ3v) is 2.77. The van der Waals surface area contributed by atoms with Crippen molar-refractivity contribution < 1.29 is 4.79 Å². The Bertz CT molecular complexity index is 469. The number of aldehydes is 1. The Kier molecular flexibility index (Phi) is 1.90. The summed E-state index contributed by atoms with van der Waals surface area (Å²) in [5.74, 6) is 0. The molecule has 0 spiro atoms. The Morgan fingerprint density at radius 1 is 1.31 bits per heavy atom. The summed E-state index contributed by atoms with van der Waals surface area (Å²) in [7, 11) is 0. The van der Waals surface area contributed by atoms with Crippen LogP contribution in [0.1, 0.15) is 9.67 Å². The van der Waals surface area contributed by atoms with Gasteiger partial charge in [-0.2, -0.15) is 0 Å². The van der Waals surface area contributed by atoms with Crippen molar-refractivity contribution in [1.82, 2.24) is 0 Å². The summed E-state index contributed by atoms with van der Waals surface area (Å²) in [5.41, 5.74) is 0.395. The lowest BCUT2D eigenvalue weighted by molar-refractivity contribution is 0.112. The number of nitroso groups, excluding NO2 is 1. The van der Waals surface area contributed by atoms with Crippen LogP contribution in [0.15, 0.2) is 29.4 Å². The zero-order valence-corrected chi connectivity index (χ0v) is 7.38. The van der Waals surface area contributed by atoms with E-state index in [0.717, 1.165) is 16.4 Å². The molecule has 13 heavy (non-hydrogen) atoms. The van der Waals surface area contributed by atoms with Crippen molar-refractivity contribution in [2.75, 3.05) is 0 Å². The van der Waals surface area contributed by atoms with Crippen LogP contribution in [0.4, 0.5) is 5.69 Å². The van der Waals surface area contributed by atoms with Crippen molar-refractivity contribution in [3.05, 3.63) is 34.0 Å². The van der Waals surface area contributed by atoms with Gasteiger partial charge in [0.1, 0.15) is 5.69 Å². The summed E-state index contributed by atoms with van der Waals surface area (Å²) in [6.07, 6.45) is 0.804. The van der Waals surface area contributed by atoms with Crippen LogP contribution in [0.3, 0.4) is 0 Å². The minimum absolute atomic E-state index is 0.395. The van der Waals surface area contributed by atoms with E-state index in [9.17, 15) is 9.70 Å². The Labute approximate surface area is 78.0 Å². The van der Waals surface area contributed by atoms with E-state index in [1.54, 1.807) is 24.3 Å². The van der Waals surface area contributed by atoms with Crippen molar-refractivity contribution in [2.45, 2.75) is 0 Å². The lowest BCUT2D eigenvalue weighted by Gasteiger charge is -1.87. The van der Waals surface area contributed by atoms with E-state index in [2.05, 4.69) is 5.18 Å². The van der Waals surface area contributed by atoms with Gasteiger partial charge in [0, 0.05) is 4.70 Å². The van der Waals surface area contributed by atoms with Gasteiger partial charge in [0.2, 0.25) is 0 Å². The van der Waals surface area contributed by atoms with E-state index >= 15 is 0 Å². The standard InChI is InChI=1S/C9H5NO2S/c11-5-8-3-6-1-2-7(10-12)4-9(6)13-8/h1-5H. The molecule has 0 atom stereocenters. The second-order valence-electron chi connectivity index (χ2n) is 2.58. The fourth-order valence-corrected chi connectivity index (χ4v) is 2.07. The molecule has 0 radical (unpaired) electrons. The van der Waals surface area contributed by atoms with Crippen LogP contribution in [0.25, 0.3) is 10.1 Å². The Hall–Kier alpha value is -1.55. The molecule has 0 aliphatic carbocycles. The normalized spacial score (nSPS) is 10.2. The number of hydrogen-bond acceptors (Lipinski definition) is 4. The number of carbonyl (C=O) groups excluding carboxylic acids is 1. The molecule has 64 valence electrons. The lowest BCUT2D eigenvalue weighted by atomic mass is 10.2. The van der Waals surface area contributed by atoms with Gasteiger partial charge in [-0.3, -0.25) is 4.79 Å². The van der Waals surface area contributed by atoms with Crippen LogP contribution >= 0.6 is 11.3 Å². The highest BCUT2D eigenvalue weighted by atomic mass is 32.1. The number of thiophene rings is 1. The van der Waals surface area contributed by atoms with Gasteiger partial charge in [0.25, 0.3) is 0 Å². The summed E-state index contributed by atoms with van der Waals surface area (Å²) in [4.78, 5) is 21.3. The molecule has 1 aromatic heterocycles. The minimum Gasteiger partial charge on any atom is -0.297 e. The Balaban J connectivity index is 2.69. The number of carbonyl (C=O) groups is 1. The molecule has 0 fully saturated rings. The van der Waals surface area contributed by atoms with Crippen molar-refractivity contribution >= 4 is 33.4 Å². The average Bonchev–Trinajstić information content (AvgIpc) is 2.58. The van der Waals surface area contributed by atoms with Crippen LogP contribution in [0.2, 0.25) is 0 Å². The predicted octanol–water partition coefficient (Wildman–Crippen LogP) is 3.11. The van der Waals surface area contributed by atoms with E-state index < -0.39 is 0 Å². The zero-order valence-electron chi connectivity index (χ0n) is 6.56. The maximum absolute atomic E-state index is 10.5. The van der Waals surface area contributed by atoms with Crippen molar-refractivity contribution in [3.8, 4) is 0 Å². The molecule has 0 saturated heterocycles. The first kappa shape index (κ1) is 8.07. The second kappa shape index (κ2) is 3.06. The topological polar surface area (TPSA) is 46.5 Å².